The summed E-state index contributed by atoms with van der Waals surface area (Å²) in [5, 5.41) is 8.90. The predicted molar refractivity (Wildman–Crippen MR) is 62.8 cm³/mol. The molecule has 1 aliphatic heterocycles. The van der Waals surface area contributed by atoms with Crippen LogP contribution in [0.4, 0.5) is 0 Å². The normalized spacial score (nSPS) is 14.8. The molecule has 0 spiro atoms. The van der Waals surface area contributed by atoms with Crippen LogP contribution in [0, 0.1) is 0 Å². The maximum Gasteiger partial charge on any atom is 0.240 e. The second-order valence-corrected chi connectivity index (χ2v) is 4.58. The van der Waals surface area contributed by atoms with Crippen molar-refractivity contribution in [2.75, 3.05) is 5.75 Å². The van der Waals surface area contributed by atoms with Crippen LogP contribution in [0.3, 0.4) is 0 Å². The summed E-state index contributed by atoms with van der Waals surface area (Å²) in [5.41, 5.74) is 0.941. The number of aliphatic hydroxyl groups is 1. The fourth-order valence-corrected chi connectivity index (χ4v) is 2.25. The van der Waals surface area contributed by atoms with Crippen LogP contribution in [0.5, 0.6) is 0 Å². The van der Waals surface area contributed by atoms with Crippen molar-refractivity contribution in [2.45, 2.75) is 24.2 Å². The Bertz CT molecular complexity index is 340. The van der Waals surface area contributed by atoms with E-state index in [9.17, 15) is 0 Å². The van der Waals surface area contributed by atoms with E-state index in [1.807, 2.05) is 24.3 Å². The number of aliphatic hydroxyl groups excluding tert-OH is 1. The zero-order valence-corrected chi connectivity index (χ0v) is 9.65. The van der Waals surface area contributed by atoms with Crippen molar-refractivity contribution in [1.29, 1.82) is 0 Å². The zero-order chi connectivity index (χ0) is 11.2. The van der Waals surface area contributed by atoms with Gasteiger partial charge in [0.25, 0.3) is 0 Å². The Morgan fingerprint density at radius 2 is 1.81 bits per heavy atom. The van der Waals surface area contributed by atoms with Gasteiger partial charge in [-0.15, -0.1) is 11.8 Å². The fourth-order valence-electron chi connectivity index (χ4n) is 1.37. The fraction of sp³-hybridized carbons (Fsp3) is 0.333. The molecule has 2 rings (SSSR count). The predicted octanol–water partition coefficient (Wildman–Crippen LogP) is 2.51. The first-order chi connectivity index (χ1) is 7.88. The highest BCUT2D eigenvalue weighted by atomic mass is 32.2. The van der Waals surface area contributed by atoms with E-state index in [-0.39, 0.29) is 12.9 Å². The molecule has 1 aromatic rings. The summed E-state index contributed by atoms with van der Waals surface area (Å²) in [4.78, 5) is 1.20. The van der Waals surface area contributed by atoms with Crippen LogP contribution >= 0.6 is 11.8 Å². The molecule has 0 bridgehead atoms. The summed E-state index contributed by atoms with van der Waals surface area (Å²) in [6.45, 7) is 0.0976. The third-order valence-electron chi connectivity index (χ3n) is 2.24. The first-order valence-electron chi connectivity index (χ1n) is 5.17. The summed E-state index contributed by atoms with van der Waals surface area (Å²) in [6, 6.07) is 7.91. The van der Waals surface area contributed by atoms with Gasteiger partial charge in [-0.2, -0.15) is 0 Å². The topological polar surface area (TPSA) is 38.7 Å². The van der Waals surface area contributed by atoms with E-state index in [4.69, 9.17) is 14.6 Å². The van der Waals surface area contributed by atoms with Gasteiger partial charge in [0.1, 0.15) is 12.5 Å². The second-order valence-electron chi connectivity index (χ2n) is 3.41. The van der Waals surface area contributed by atoms with Gasteiger partial charge in [0.05, 0.1) is 6.61 Å². The lowest BCUT2D eigenvalue weighted by Crippen LogP contribution is -2.07. The van der Waals surface area contributed by atoms with E-state index in [0.717, 1.165) is 17.7 Å². The minimum absolute atomic E-state index is 0.0976. The maximum atomic E-state index is 8.90. The minimum Gasteiger partial charge on any atom is -0.459 e. The number of rotatable bonds is 5. The van der Waals surface area contributed by atoms with Gasteiger partial charge >= 0.3 is 0 Å². The van der Waals surface area contributed by atoms with E-state index >= 15 is 0 Å². The number of benzene rings is 1. The first kappa shape index (κ1) is 11.4. The number of hydrogen-bond acceptors (Lipinski definition) is 4. The van der Waals surface area contributed by atoms with Crippen molar-refractivity contribution >= 4 is 11.8 Å². The van der Waals surface area contributed by atoms with Crippen molar-refractivity contribution in [3.8, 4) is 0 Å². The molecule has 16 heavy (non-hydrogen) atoms. The molecule has 1 N–H and O–H groups in total. The van der Waals surface area contributed by atoms with E-state index in [1.165, 1.54) is 4.90 Å². The van der Waals surface area contributed by atoms with Crippen molar-refractivity contribution in [3.63, 3.8) is 0 Å². The van der Waals surface area contributed by atoms with Crippen molar-refractivity contribution in [2.24, 2.45) is 0 Å². The molecule has 1 aromatic carbocycles. The smallest absolute Gasteiger partial charge is 0.240 e. The van der Waals surface area contributed by atoms with Gasteiger partial charge in [-0.25, -0.2) is 0 Å². The van der Waals surface area contributed by atoms with Gasteiger partial charge in [-0.1, -0.05) is 12.1 Å². The van der Waals surface area contributed by atoms with Crippen LogP contribution < -0.4 is 0 Å². The molecule has 86 valence electrons. The number of thioether (sulfide) groups is 1. The van der Waals surface area contributed by atoms with Crippen molar-refractivity contribution in [1.82, 2.24) is 0 Å². The maximum absolute atomic E-state index is 8.90. The molecule has 1 aliphatic rings. The molecule has 1 heterocycles. The highest BCUT2D eigenvalue weighted by Crippen LogP contribution is 2.21. The lowest BCUT2D eigenvalue weighted by atomic mass is 10.2. The van der Waals surface area contributed by atoms with Crippen LogP contribution in [0.25, 0.3) is 0 Å². The molecule has 0 unspecified atom stereocenters. The van der Waals surface area contributed by atoms with Crippen molar-refractivity contribution in [3.05, 3.63) is 42.4 Å². The van der Waals surface area contributed by atoms with E-state index in [2.05, 4.69) is 0 Å². The molecule has 0 amide bonds. The highest BCUT2D eigenvalue weighted by molar-refractivity contribution is 7.99. The third kappa shape index (κ3) is 3.18. The van der Waals surface area contributed by atoms with Gasteiger partial charge in [0, 0.05) is 17.1 Å². The summed E-state index contributed by atoms with van der Waals surface area (Å²) in [5.74, 6) is 0.949. The lowest BCUT2D eigenvalue weighted by molar-refractivity contribution is -0.0232. The Balaban J connectivity index is 1.72. The van der Waals surface area contributed by atoms with Crippen LogP contribution in [0.2, 0.25) is 0 Å². The average molecular weight is 238 g/mol. The standard InChI is InChI=1S/C12H14O3S/c13-9-10-1-3-11(4-2-10)16-8-5-12-14-6-7-15-12/h1-4,6-7,12-13H,5,8-9H2. The van der Waals surface area contributed by atoms with Crippen LogP contribution in [0.15, 0.2) is 41.7 Å². The van der Waals surface area contributed by atoms with Gasteiger partial charge in [-0.3, -0.25) is 0 Å². The molecule has 0 fully saturated rings. The molecule has 0 aliphatic carbocycles. The van der Waals surface area contributed by atoms with Crippen LogP contribution in [-0.2, 0) is 16.1 Å². The zero-order valence-electron chi connectivity index (χ0n) is 8.83. The third-order valence-corrected chi connectivity index (χ3v) is 3.29. The Kier molecular flexibility index (Phi) is 4.13. The summed E-state index contributed by atoms with van der Waals surface area (Å²) < 4.78 is 10.4. The van der Waals surface area contributed by atoms with Crippen molar-refractivity contribution < 1.29 is 14.6 Å². The minimum atomic E-state index is -0.121. The van der Waals surface area contributed by atoms with Gasteiger partial charge < -0.3 is 14.6 Å². The molecular formula is C12H14O3S. The summed E-state index contributed by atoms with van der Waals surface area (Å²) in [6.07, 6.45) is 3.89. The van der Waals surface area contributed by atoms with E-state index < -0.39 is 0 Å². The first-order valence-corrected chi connectivity index (χ1v) is 6.15. The Labute approximate surface area is 99.1 Å². The Morgan fingerprint density at radius 3 is 2.44 bits per heavy atom. The average Bonchev–Trinajstić information content (AvgIpc) is 2.83. The molecule has 0 atom stereocenters. The largest absolute Gasteiger partial charge is 0.459 e. The van der Waals surface area contributed by atoms with Gasteiger partial charge in [0.2, 0.25) is 6.29 Å². The molecule has 3 nitrogen and oxygen atoms in total. The summed E-state index contributed by atoms with van der Waals surface area (Å²) in [7, 11) is 0. The van der Waals surface area contributed by atoms with E-state index in [0.29, 0.717) is 0 Å². The number of hydrogen-bond donors (Lipinski definition) is 1. The Morgan fingerprint density at radius 1 is 1.12 bits per heavy atom. The molecule has 0 saturated carbocycles. The SMILES string of the molecule is OCc1ccc(SCCC2OC=CO2)cc1. The van der Waals surface area contributed by atoms with Gasteiger partial charge in [-0.05, 0) is 17.7 Å². The molecule has 0 radical (unpaired) electrons. The molecular weight excluding hydrogens is 224 g/mol. The molecule has 0 saturated heterocycles. The van der Waals surface area contributed by atoms with Crippen LogP contribution in [-0.4, -0.2) is 17.1 Å². The highest BCUT2D eigenvalue weighted by Gasteiger charge is 2.11. The second kappa shape index (κ2) is 5.82. The summed E-state index contributed by atoms with van der Waals surface area (Å²) >= 11 is 1.76. The lowest BCUT2D eigenvalue weighted by Gasteiger charge is -2.09. The molecule has 0 aromatic heterocycles. The quantitative estimate of drug-likeness (QED) is 0.800. The van der Waals surface area contributed by atoms with Gasteiger partial charge in [0.15, 0.2) is 0 Å². The molecule has 4 heteroatoms. The monoisotopic (exact) mass is 238 g/mol. The van der Waals surface area contributed by atoms with Crippen LogP contribution in [0.1, 0.15) is 12.0 Å². The number of ether oxygens (including phenoxy) is 2. The van der Waals surface area contributed by atoms with E-state index in [1.54, 1.807) is 24.3 Å². The Hall–Kier alpha value is -1.13.